The Morgan fingerprint density at radius 2 is 1.81 bits per heavy atom. The van der Waals surface area contributed by atoms with Gasteiger partial charge >= 0.3 is 0 Å². The maximum atomic E-state index is 12.6. The maximum absolute atomic E-state index is 12.6. The van der Waals surface area contributed by atoms with Crippen molar-refractivity contribution < 1.29 is 4.79 Å². The molecule has 0 unspecified atom stereocenters. The summed E-state index contributed by atoms with van der Waals surface area (Å²) in [7, 11) is 0. The number of nitrogens with two attached hydrogens (primary N) is 1. The zero-order valence-electron chi connectivity index (χ0n) is 13.7. The number of hydrogen-bond donors (Lipinski definition) is 1. The fraction of sp³-hybridized carbons (Fsp3) is 0.941. The van der Waals surface area contributed by atoms with Gasteiger partial charge in [0.15, 0.2) is 0 Å². The molecule has 0 aromatic rings. The summed E-state index contributed by atoms with van der Waals surface area (Å²) in [5, 5.41) is 0. The Morgan fingerprint density at radius 3 is 2.38 bits per heavy atom. The number of piperidine rings is 1. The Hall–Kier alpha value is -0.610. The highest BCUT2D eigenvalue weighted by Crippen LogP contribution is 2.23. The van der Waals surface area contributed by atoms with Gasteiger partial charge in [-0.15, -0.1) is 0 Å². The normalized spacial score (nSPS) is 22.4. The van der Waals surface area contributed by atoms with Gasteiger partial charge in [0.05, 0.1) is 6.54 Å². The summed E-state index contributed by atoms with van der Waals surface area (Å²) in [5.41, 5.74) is 5.64. The quantitative estimate of drug-likeness (QED) is 0.817. The topological polar surface area (TPSA) is 49.6 Å². The Bertz CT molecular complexity index is 307. The fourth-order valence-electron chi connectivity index (χ4n) is 3.98. The zero-order chi connectivity index (χ0) is 15.1. The van der Waals surface area contributed by atoms with Crippen LogP contribution in [0, 0.1) is 5.92 Å². The van der Waals surface area contributed by atoms with Crippen LogP contribution < -0.4 is 5.73 Å². The predicted octanol–water partition coefficient (Wildman–Crippen LogP) is 2.23. The van der Waals surface area contributed by atoms with Crippen molar-refractivity contribution in [2.75, 3.05) is 32.7 Å². The van der Waals surface area contributed by atoms with E-state index in [2.05, 4.69) is 16.7 Å². The van der Waals surface area contributed by atoms with Gasteiger partial charge in [0.25, 0.3) is 0 Å². The van der Waals surface area contributed by atoms with Gasteiger partial charge in [0, 0.05) is 12.6 Å². The minimum absolute atomic E-state index is 0.349. The number of carbonyl (C=O) groups excluding carboxylic acids is 1. The third-order valence-electron chi connectivity index (χ3n) is 5.32. The molecule has 1 aliphatic carbocycles. The van der Waals surface area contributed by atoms with E-state index in [1.807, 2.05) is 0 Å². The van der Waals surface area contributed by atoms with Crippen LogP contribution in [0.4, 0.5) is 0 Å². The van der Waals surface area contributed by atoms with Crippen molar-refractivity contribution in [2.45, 2.75) is 64.3 Å². The van der Waals surface area contributed by atoms with Crippen molar-refractivity contribution >= 4 is 5.91 Å². The van der Waals surface area contributed by atoms with Gasteiger partial charge in [-0.1, -0.05) is 19.3 Å². The van der Waals surface area contributed by atoms with Crippen LogP contribution in [-0.2, 0) is 4.79 Å². The molecule has 0 spiro atoms. The standard InChI is InChI=1S/C17H33N3O/c1-2-20(16-6-4-3-5-7-16)17(21)14-19-12-9-15(8-11-18)10-13-19/h15-16H,2-14,18H2,1H3. The first-order valence-corrected chi connectivity index (χ1v) is 8.96. The molecule has 21 heavy (non-hydrogen) atoms. The van der Waals surface area contributed by atoms with Crippen molar-refractivity contribution in [3.63, 3.8) is 0 Å². The lowest BCUT2D eigenvalue weighted by Crippen LogP contribution is -2.47. The number of nitrogens with zero attached hydrogens (tertiary/aromatic N) is 2. The van der Waals surface area contributed by atoms with E-state index in [0.717, 1.165) is 38.5 Å². The lowest BCUT2D eigenvalue weighted by atomic mass is 9.93. The second-order valence-corrected chi connectivity index (χ2v) is 6.77. The largest absolute Gasteiger partial charge is 0.339 e. The minimum atomic E-state index is 0.349. The van der Waals surface area contributed by atoms with Crippen molar-refractivity contribution in [3.8, 4) is 0 Å². The molecule has 2 N–H and O–H groups in total. The molecule has 2 aliphatic rings. The number of likely N-dealkylation sites (N-methyl/N-ethyl adjacent to an activating group) is 1. The first-order valence-electron chi connectivity index (χ1n) is 8.96. The van der Waals surface area contributed by atoms with E-state index < -0.39 is 0 Å². The van der Waals surface area contributed by atoms with Crippen LogP contribution in [0.2, 0.25) is 0 Å². The number of hydrogen-bond acceptors (Lipinski definition) is 3. The van der Waals surface area contributed by atoms with Gasteiger partial charge in [-0.2, -0.15) is 0 Å². The molecule has 1 amide bonds. The average molecular weight is 295 g/mol. The maximum Gasteiger partial charge on any atom is 0.236 e. The molecule has 0 aromatic heterocycles. The van der Waals surface area contributed by atoms with E-state index in [1.54, 1.807) is 0 Å². The minimum Gasteiger partial charge on any atom is -0.339 e. The van der Waals surface area contributed by atoms with E-state index >= 15 is 0 Å². The predicted molar refractivity (Wildman–Crippen MR) is 87.1 cm³/mol. The summed E-state index contributed by atoms with van der Waals surface area (Å²) < 4.78 is 0. The molecule has 0 atom stereocenters. The molecule has 2 fully saturated rings. The molecular weight excluding hydrogens is 262 g/mol. The van der Waals surface area contributed by atoms with Crippen molar-refractivity contribution in [1.29, 1.82) is 0 Å². The first-order chi connectivity index (χ1) is 10.2. The van der Waals surface area contributed by atoms with Gasteiger partial charge < -0.3 is 10.6 Å². The monoisotopic (exact) mass is 295 g/mol. The third kappa shape index (κ3) is 4.96. The van der Waals surface area contributed by atoms with E-state index in [-0.39, 0.29) is 0 Å². The SMILES string of the molecule is CCN(C(=O)CN1CCC(CCN)CC1)C1CCCCC1. The number of carbonyl (C=O) groups is 1. The summed E-state index contributed by atoms with van der Waals surface area (Å²) in [5.74, 6) is 1.13. The van der Waals surface area contributed by atoms with Gasteiger partial charge in [-0.25, -0.2) is 0 Å². The highest BCUT2D eigenvalue weighted by molar-refractivity contribution is 5.78. The number of amides is 1. The van der Waals surface area contributed by atoms with Crippen LogP contribution in [0.1, 0.15) is 58.3 Å². The van der Waals surface area contributed by atoms with Crippen LogP contribution in [0.15, 0.2) is 0 Å². The smallest absolute Gasteiger partial charge is 0.236 e. The molecule has 0 bridgehead atoms. The molecular formula is C17H33N3O. The van der Waals surface area contributed by atoms with E-state index in [1.165, 1.54) is 44.9 Å². The first kappa shape index (κ1) is 16.8. The van der Waals surface area contributed by atoms with Crippen LogP contribution >= 0.6 is 0 Å². The molecule has 4 nitrogen and oxygen atoms in total. The van der Waals surface area contributed by atoms with E-state index in [0.29, 0.717) is 18.5 Å². The summed E-state index contributed by atoms with van der Waals surface area (Å²) in [6.07, 6.45) is 9.90. The highest BCUT2D eigenvalue weighted by Gasteiger charge is 2.26. The summed E-state index contributed by atoms with van der Waals surface area (Å²) >= 11 is 0. The molecule has 1 saturated carbocycles. The third-order valence-corrected chi connectivity index (χ3v) is 5.32. The van der Waals surface area contributed by atoms with E-state index in [9.17, 15) is 4.79 Å². The lowest BCUT2D eigenvalue weighted by molar-refractivity contribution is -0.135. The van der Waals surface area contributed by atoms with Gasteiger partial charge in [0.2, 0.25) is 5.91 Å². The molecule has 1 heterocycles. The van der Waals surface area contributed by atoms with Crippen molar-refractivity contribution in [2.24, 2.45) is 11.7 Å². The van der Waals surface area contributed by atoms with Crippen LogP contribution in [-0.4, -0.2) is 54.5 Å². The van der Waals surface area contributed by atoms with Crippen LogP contribution in [0.3, 0.4) is 0 Å². The molecule has 0 aromatic carbocycles. The Balaban J connectivity index is 1.77. The molecule has 122 valence electrons. The second-order valence-electron chi connectivity index (χ2n) is 6.77. The summed E-state index contributed by atoms with van der Waals surface area (Å²) in [4.78, 5) is 17.1. The van der Waals surface area contributed by atoms with Crippen LogP contribution in [0.25, 0.3) is 0 Å². The van der Waals surface area contributed by atoms with Gasteiger partial charge in [0.1, 0.15) is 0 Å². The summed E-state index contributed by atoms with van der Waals surface area (Å²) in [6.45, 7) is 6.55. The lowest BCUT2D eigenvalue weighted by Gasteiger charge is -2.37. The zero-order valence-corrected chi connectivity index (χ0v) is 13.7. The fourth-order valence-corrected chi connectivity index (χ4v) is 3.98. The molecule has 4 heteroatoms. The Morgan fingerprint density at radius 1 is 1.14 bits per heavy atom. The number of rotatable bonds is 6. The highest BCUT2D eigenvalue weighted by atomic mass is 16.2. The Labute approximate surface area is 130 Å². The molecule has 0 radical (unpaired) electrons. The second kappa shape index (κ2) is 8.74. The number of likely N-dealkylation sites (tertiary alicyclic amines) is 1. The van der Waals surface area contributed by atoms with E-state index in [4.69, 9.17) is 5.73 Å². The van der Waals surface area contributed by atoms with Crippen molar-refractivity contribution in [3.05, 3.63) is 0 Å². The molecule has 2 rings (SSSR count). The Kier molecular flexibility index (Phi) is 6.97. The van der Waals surface area contributed by atoms with Crippen molar-refractivity contribution in [1.82, 2.24) is 9.80 Å². The van der Waals surface area contributed by atoms with Crippen LogP contribution in [0.5, 0.6) is 0 Å². The average Bonchev–Trinajstić information content (AvgIpc) is 2.51. The van der Waals surface area contributed by atoms with Gasteiger partial charge in [-0.05, 0) is 64.6 Å². The molecule has 1 aliphatic heterocycles. The van der Waals surface area contributed by atoms with Gasteiger partial charge in [-0.3, -0.25) is 9.69 Å². The molecule has 1 saturated heterocycles. The summed E-state index contributed by atoms with van der Waals surface area (Å²) in [6, 6.07) is 0.506.